The topological polar surface area (TPSA) is 88.8 Å². The summed E-state index contributed by atoms with van der Waals surface area (Å²) in [7, 11) is 0. The summed E-state index contributed by atoms with van der Waals surface area (Å²) in [5, 5.41) is 9.47. The largest absolute Gasteiger partial charge is 0.378 e. The first kappa shape index (κ1) is 20.7. The number of rotatable bonds is 5. The highest BCUT2D eigenvalue weighted by molar-refractivity contribution is 6.06. The van der Waals surface area contributed by atoms with Crippen LogP contribution < -0.4 is 15.9 Å². The quantitative estimate of drug-likeness (QED) is 0.507. The number of hydrogen-bond donors (Lipinski definition) is 1. The van der Waals surface area contributed by atoms with Gasteiger partial charge in [0.15, 0.2) is 5.69 Å². The highest BCUT2D eigenvalue weighted by atomic mass is 16.5. The van der Waals surface area contributed by atoms with Gasteiger partial charge in [-0.05, 0) is 37.6 Å². The lowest BCUT2D eigenvalue weighted by Crippen LogP contribution is -2.36. The van der Waals surface area contributed by atoms with Crippen molar-refractivity contribution in [3.05, 3.63) is 70.1 Å². The van der Waals surface area contributed by atoms with Crippen LogP contribution in [0.2, 0.25) is 0 Å². The maximum atomic E-state index is 12.8. The van der Waals surface area contributed by atoms with Crippen molar-refractivity contribution in [2.24, 2.45) is 5.10 Å². The average Bonchev–Trinajstić information content (AvgIpc) is 2.83. The number of aryl methyl sites for hydroxylation is 1. The standard InChI is InChI=1S/C23H25N5O3/c1-3-28-23(30)20-7-5-4-6-19(20)21(26-28)22(29)25-24-16(2)17-8-10-18(11-9-17)27-12-14-31-15-13-27/h4-11H,3,12-15H2,1-2H3,(H,25,29)/b24-16-. The van der Waals surface area contributed by atoms with E-state index in [1.165, 1.54) is 4.68 Å². The second-order valence-electron chi connectivity index (χ2n) is 7.30. The molecule has 2 heterocycles. The van der Waals surface area contributed by atoms with Gasteiger partial charge in [-0.25, -0.2) is 10.1 Å². The zero-order valence-corrected chi connectivity index (χ0v) is 17.7. The Morgan fingerprint density at radius 1 is 1.10 bits per heavy atom. The summed E-state index contributed by atoms with van der Waals surface area (Å²) in [6.07, 6.45) is 0. The molecule has 1 aliphatic heterocycles. The summed E-state index contributed by atoms with van der Waals surface area (Å²) < 4.78 is 6.69. The Hall–Kier alpha value is -3.52. The third-order valence-electron chi connectivity index (χ3n) is 5.37. The average molecular weight is 419 g/mol. The fourth-order valence-electron chi connectivity index (χ4n) is 3.60. The number of nitrogens with zero attached hydrogens (tertiary/aromatic N) is 4. The monoisotopic (exact) mass is 419 g/mol. The molecular formula is C23H25N5O3. The second-order valence-corrected chi connectivity index (χ2v) is 7.30. The molecule has 1 saturated heterocycles. The summed E-state index contributed by atoms with van der Waals surface area (Å²) in [5.74, 6) is -0.456. The van der Waals surface area contributed by atoms with Crippen LogP contribution in [0.3, 0.4) is 0 Å². The van der Waals surface area contributed by atoms with Crippen LogP contribution in [0.15, 0.2) is 58.4 Å². The highest BCUT2D eigenvalue weighted by Gasteiger charge is 2.16. The number of nitrogens with one attached hydrogen (secondary N) is 1. The Balaban J connectivity index is 1.54. The number of morpholine rings is 1. The lowest BCUT2D eigenvalue weighted by Gasteiger charge is -2.28. The van der Waals surface area contributed by atoms with Crippen molar-refractivity contribution >= 4 is 28.1 Å². The molecule has 0 atom stereocenters. The molecule has 1 aromatic heterocycles. The third-order valence-corrected chi connectivity index (χ3v) is 5.37. The van der Waals surface area contributed by atoms with Crippen LogP contribution >= 0.6 is 0 Å². The molecule has 31 heavy (non-hydrogen) atoms. The van der Waals surface area contributed by atoms with Crippen molar-refractivity contribution in [2.45, 2.75) is 20.4 Å². The molecule has 3 aromatic rings. The molecule has 160 valence electrons. The van der Waals surface area contributed by atoms with Gasteiger partial charge in [-0.15, -0.1) is 0 Å². The molecule has 0 unspecified atom stereocenters. The number of fused-ring (bicyclic) bond motifs is 1. The molecule has 4 rings (SSSR count). The zero-order valence-electron chi connectivity index (χ0n) is 17.7. The Kier molecular flexibility index (Phi) is 6.08. The lowest BCUT2D eigenvalue weighted by atomic mass is 10.1. The molecular weight excluding hydrogens is 394 g/mol. The summed E-state index contributed by atoms with van der Waals surface area (Å²) in [4.78, 5) is 27.6. The van der Waals surface area contributed by atoms with E-state index in [1.54, 1.807) is 24.3 Å². The van der Waals surface area contributed by atoms with Crippen LogP contribution in [0.5, 0.6) is 0 Å². The Morgan fingerprint density at radius 2 is 1.77 bits per heavy atom. The van der Waals surface area contributed by atoms with Crippen LogP contribution in [-0.2, 0) is 11.3 Å². The van der Waals surface area contributed by atoms with E-state index in [1.807, 2.05) is 38.1 Å². The van der Waals surface area contributed by atoms with E-state index in [0.29, 0.717) is 23.0 Å². The first-order valence-electron chi connectivity index (χ1n) is 10.4. The van der Waals surface area contributed by atoms with Crippen LogP contribution in [0.1, 0.15) is 29.9 Å². The maximum absolute atomic E-state index is 12.8. The molecule has 1 N–H and O–H groups in total. The highest BCUT2D eigenvalue weighted by Crippen LogP contribution is 2.17. The van der Waals surface area contributed by atoms with Crippen molar-refractivity contribution in [2.75, 3.05) is 31.2 Å². The van der Waals surface area contributed by atoms with Gasteiger partial charge in [-0.3, -0.25) is 9.59 Å². The Labute approximate surface area is 180 Å². The maximum Gasteiger partial charge on any atom is 0.292 e. The van der Waals surface area contributed by atoms with Crippen LogP contribution in [0, 0.1) is 0 Å². The van der Waals surface area contributed by atoms with E-state index >= 15 is 0 Å². The third kappa shape index (κ3) is 4.34. The van der Waals surface area contributed by atoms with Crippen LogP contribution in [0.4, 0.5) is 5.69 Å². The van der Waals surface area contributed by atoms with Crippen molar-refractivity contribution in [3.63, 3.8) is 0 Å². The second kappa shape index (κ2) is 9.09. The number of ether oxygens (including phenoxy) is 1. The van der Waals surface area contributed by atoms with Crippen molar-refractivity contribution < 1.29 is 9.53 Å². The van der Waals surface area contributed by atoms with Crippen molar-refractivity contribution in [3.8, 4) is 0 Å². The molecule has 8 heteroatoms. The fraction of sp³-hybridized carbons (Fsp3) is 0.304. The number of amides is 1. The number of anilines is 1. The molecule has 0 saturated carbocycles. The van der Waals surface area contributed by atoms with E-state index < -0.39 is 5.91 Å². The summed E-state index contributed by atoms with van der Waals surface area (Å²) in [6, 6.07) is 15.0. The van der Waals surface area contributed by atoms with E-state index in [9.17, 15) is 9.59 Å². The number of aromatic nitrogens is 2. The summed E-state index contributed by atoms with van der Waals surface area (Å²) in [5.41, 5.74) is 5.27. The van der Waals surface area contributed by atoms with Crippen molar-refractivity contribution in [1.82, 2.24) is 15.2 Å². The molecule has 0 radical (unpaired) electrons. The molecule has 0 aliphatic carbocycles. The van der Waals surface area contributed by atoms with E-state index in [-0.39, 0.29) is 11.3 Å². The molecule has 2 aromatic carbocycles. The van der Waals surface area contributed by atoms with Gasteiger partial charge in [-0.2, -0.15) is 10.2 Å². The lowest BCUT2D eigenvalue weighted by molar-refractivity contribution is 0.0949. The van der Waals surface area contributed by atoms with Gasteiger partial charge in [0.25, 0.3) is 11.5 Å². The summed E-state index contributed by atoms with van der Waals surface area (Å²) >= 11 is 0. The SMILES string of the molecule is CCn1nc(C(=O)N/N=C(/C)c2ccc(N3CCOCC3)cc2)c2ccccc2c1=O. The van der Waals surface area contributed by atoms with Gasteiger partial charge in [0, 0.05) is 30.7 Å². The van der Waals surface area contributed by atoms with E-state index in [4.69, 9.17) is 4.74 Å². The van der Waals surface area contributed by atoms with Gasteiger partial charge in [0.2, 0.25) is 0 Å². The number of hydrazone groups is 1. The van der Waals surface area contributed by atoms with Crippen LogP contribution in [-0.4, -0.2) is 47.7 Å². The minimum atomic E-state index is -0.456. The smallest absolute Gasteiger partial charge is 0.292 e. The van der Waals surface area contributed by atoms with Gasteiger partial charge in [-0.1, -0.05) is 30.3 Å². The summed E-state index contributed by atoms with van der Waals surface area (Å²) in [6.45, 7) is 7.26. The molecule has 0 spiro atoms. The molecule has 1 amide bonds. The first-order chi connectivity index (χ1) is 15.1. The van der Waals surface area contributed by atoms with Gasteiger partial charge in [0.1, 0.15) is 0 Å². The minimum absolute atomic E-state index is 0.177. The predicted molar refractivity (Wildman–Crippen MR) is 121 cm³/mol. The Bertz CT molecular complexity index is 1180. The predicted octanol–water partition coefficient (Wildman–Crippen LogP) is 2.41. The van der Waals surface area contributed by atoms with E-state index in [2.05, 4.69) is 20.5 Å². The molecule has 0 bridgehead atoms. The minimum Gasteiger partial charge on any atom is -0.378 e. The zero-order chi connectivity index (χ0) is 21.8. The first-order valence-corrected chi connectivity index (χ1v) is 10.4. The number of hydrogen-bond acceptors (Lipinski definition) is 6. The molecule has 1 fully saturated rings. The van der Waals surface area contributed by atoms with Gasteiger partial charge >= 0.3 is 0 Å². The van der Waals surface area contributed by atoms with Gasteiger partial charge < -0.3 is 9.64 Å². The Morgan fingerprint density at radius 3 is 2.45 bits per heavy atom. The van der Waals surface area contributed by atoms with Crippen LogP contribution in [0.25, 0.3) is 10.8 Å². The molecule has 1 aliphatic rings. The van der Waals surface area contributed by atoms with E-state index in [0.717, 1.165) is 37.6 Å². The number of carbonyl (C=O) groups is 1. The normalized spacial score (nSPS) is 14.6. The number of carbonyl (C=O) groups excluding carboxylic acids is 1. The fourth-order valence-corrected chi connectivity index (χ4v) is 3.60. The van der Waals surface area contributed by atoms with Crippen molar-refractivity contribution in [1.29, 1.82) is 0 Å². The van der Waals surface area contributed by atoms with Gasteiger partial charge in [0.05, 0.1) is 24.3 Å². The number of benzene rings is 2. The molecule has 8 nitrogen and oxygen atoms in total.